The molecule has 0 saturated carbocycles. The second kappa shape index (κ2) is 6.60. The van der Waals surface area contributed by atoms with E-state index in [1.54, 1.807) is 6.07 Å². The van der Waals surface area contributed by atoms with Crippen LogP contribution in [0.3, 0.4) is 0 Å². The Morgan fingerprint density at radius 3 is 2.69 bits per heavy atom. The monoisotopic (exact) mass is 224 g/mol. The van der Waals surface area contributed by atoms with Crippen LogP contribution in [0.4, 0.5) is 11.6 Å². The number of carboxylic acid groups (broad SMARTS) is 1. The van der Waals surface area contributed by atoms with Gasteiger partial charge in [-0.1, -0.05) is 13.3 Å². The summed E-state index contributed by atoms with van der Waals surface area (Å²) in [4.78, 5) is 18.3. The van der Waals surface area contributed by atoms with E-state index in [9.17, 15) is 4.79 Å². The molecule has 0 radical (unpaired) electrons. The number of hydrogen-bond donors (Lipinski definition) is 3. The number of unbranched alkanes of at least 4 members (excludes halogenated alkanes) is 1. The fourth-order valence-corrected chi connectivity index (χ4v) is 1.11. The van der Waals surface area contributed by atoms with Crippen molar-refractivity contribution in [2.45, 2.75) is 19.8 Å². The second-order valence-electron chi connectivity index (χ2n) is 3.32. The van der Waals surface area contributed by atoms with E-state index in [4.69, 9.17) is 5.11 Å². The van der Waals surface area contributed by atoms with Crippen LogP contribution in [0.15, 0.2) is 12.4 Å². The van der Waals surface area contributed by atoms with E-state index in [1.165, 1.54) is 6.33 Å². The third kappa shape index (κ3) is 4.59. The summed E-state index contributed by atoms with van der Waals surface area (Å²) in [7, 11) is 0. The number of nitrogens with zero attached hydrogens (tertiary/aromatic N) is 2. The molecule has 0 spiro atoms. The summed E-state index contributed by atoms with van der Waals surface area (Å²) in [6.07, 6.45) is 3.59. The van der Waals surface area contributed by atoms with Crippen LogP contribution in [-0.2, 0) is 4.79 Å². The molecule has 1 rings (SSSR count). The lowest BCUT2D eigenvalue weighted by atomic mass is 10.3. The van der Waals surface area contributed by atoms with E-state index >= 15 is 0 Å². The zero-order valence-corrected chi connectivity index (χ0v) is 9.23. The fourth-order valence-electron chi connectivity index (χ4n) is 1.11. The summed E-state index contributed by atoms with van der Waals surface area (Å²) in [5.74, 6) is 0.298. The Morgan fingerprint density at radius 1 is 1.38 bits per heavy atom. The van der Waals surface area contributed by atoms with Gasteiger partial charge in [0, 0.05) is 12.6 Å². The van der Waals surface area contributed by atoms with Gasteiger partial charge in [0.2, 0.25) is 0 Å². The Morgan fingerprint density at radius 2 is 2.06 bits per heavy atom. The van der Waals surface area contributed by atoms with Crippen molar-refractivity contribution in [1.29, 1.82) is 0 Å². The maximum Gasteiger partial charge on any atom is 0.322 e. The van der Waals surface area contributed by atoms with Gasteiger partial charge < -0.3 is 15.7 Å². The molecule has 0 aromatic carbocycles. The van der Waals surface area contributed by atoms with Crippen LogP contribution in [0.1, 0.15) is 19.8 Å². The van der Waals surface area contributed by atoms with Crippen molar-refractivity contribution in [3.63, 3.8) is 0 Å². The predicted molar refractivity (Wildman–Crippen MR) is 61.6 cm³/mol. The molecule has 0 bridgehead atoms. The van der Waals surface area contributed by atoms with Gasteiger partial charge in [0.05, 0.1) is 0 Å². The largest absolute Gasteiger partial charge is 0.480 e. The van der Waals surface area contributed by atoms with Crippen LogP contribution in [0.2, 0.25) is 0 Å². The number of carboxylic acids is 1. The van der Waals surface area contributed by atoms with Gasteiger partial charge in [0.15, 0.2) is 0 Å². The highest BCUT2D eigenvalue weighted by Gasteiger charge is 2.00. The minimum absolute atomic E-state index is 0.147. The molecular weight excluding hydrogens is 208 g/mol. The average Bonchev–Trinajstić information content (AvgIpc) is 2.27. The van der Waals surface area contributed by atoms with E-state index in [0.717, 1.165) is 19.4 Å². The molecule has 6 heteroatoms. The molecular formula is C10H16N4O2. The zero-order valence-electron chi connectivity index (χ0n) is 9.23. The second-order valence-corrected chi connectivity index (χ2v) is 3.32. The highest BCUT2D eigenvalue weighted by atomic mass is 16.4. The molecule has 0 atom stereocenters. The Kier molecular flexibility index (Phi) is 5.04. The zero-order chi connectivity index (χ0) is 11.8. The SMILES string of the molecule is CCCCNc1cc(NCC(=O)O)ncn1. The van der Waals surface area contributed by atoms with Crippen LogP contribution >= 0.6 is 0 Å². The first-order chi connectivity index (χ1) is 7.72. The van der Waals surface area contributed by atoms with Crippen LogP contribution in [0.25, 0.3) is 0 Å². The number of aromatic nitrogens is 2. The summed E-state index contributed by atoms with van der Waals surface area (Å²) in [6, 6.07) is 1.69. The Balaban J connectivity index is 2.46. The van der Waals surface area contributed by atoms with Crippen molar-refractivity contribution in [2.24, 2.45) is 0 Å². The van der Waals surface area contributed by atoms with Gasteiger partial charge >= 0.3 is 5.97 Å². The molecule has 1 aromatic heterocycles. The van der Waals surface area contributed by atoms with E-state index < -0.39 is 5.97 Å². The molecule has 0 amide bonds. The van der Waals surface area contributed by atoms with E-state index in [1.807, 2.05) is 0 Å². The molecule has 0 unspecified atom stereocenters. The van der Waals surface area contributed by atoms with Crippen LogP contribution in [-0.4, -0.2) is 34.1 Å². The lowest BCUT2D eigenvalue weighted by molar-refractivity contribution is -0.134. The third-order valence-electron chi connectivity index (χ3n) is 1.92. The number of hydrogen-bond acceptors (Lipinski definition) is 5. The van der Waals surface area contributed by atoms with Gasteiger partial charge in [-0.3, -0.25) is 4.79 Å². The summed E-state index contributed by atoms with van der Waals surface area (Å²) in [6.45, 7) is 2.82. The van der Waals surface area contributed by atoms with Crippen molar-refractivity contribution in [1.82, 2.24) is 9.97 Å². The predicted octanol–water partition coefficient (Wildman–Crippen LogP) is 1.19. The molecule has 16 heavy (non-hydrogen) atoms. The summed E-state index contributed by atoms with van der Waals surface area (Å²) < 4.78 is 0. The summed E-state index contributed by atoms with van der Waals surface area (Å²) in [5.41, 5.74) is 0. The molecule has 0 aliphatic heterocycles. The highest BCUT2D eigenvalue weighted by Crippen LogP contribution is 2.08. The molecule has 0 fully saturated rings. The van der Waals surface area contributed by atoms with Crippen LogP contribution in [0, 0.1) is 0 Å². The standard InChI is InChI=1S/C10H16N4O2/c1-2-3-4-11-8-5-9(14-7-13-8)12-6-10(15)16/h5,7H,2-4,6H2,1H3,(H,15,16)(H2,11,12,13,14). The topological polar surface area (TPSA) is 87.1 Å². The summed E-state index contributed by atoms with van der Waals surface area (Å²) >= 11 is 0. The van der Waals surface area contributed by atoms with Crippen molar-refractivity contribution in [3.05, 3.63) is 12.4 Å². The van der Waals surface area contributed by atoms with Crippen LogP contribution < -0.4 is 10.6 Å². The first-order valence-corrected chi connectivity index (χ1v) is 5.24. The molecule has 3 N–H and O–H groups in total. The van der Waals surface area contributed by atoms with Gasteiger partial charge in [-0.15, -0.1) is 0 Å². The molecule has 0 aliphatic carbocycles. The van der Waals surface area contributed by atoms with Crippen molar-refractivity contribution >= 4 is 17.6 Å². The molecule has 6 nitrogen and oxygen atoms in total. The number of anilines is 2. The lowest BCUT2D eigenvalue weighted by Crippen LogP contribution is -2.13. The quantitative estimate of drug-likeness (QED) is 0.603. The van der Waals surface area contributed by atoms with Crippen molar-refractivity contribution in [2.75, 3.05) is 23.7 Å². The Labute approximate surface area is 94.1 Å². The smallest absolute Gasteiger partial charge is 0.322 e. The van der Waals surface area contributed by atoms with Gasteiger partial charge in [-0.05, 0) is 6.42 Å². The van der Waals surface area contributed by atoms with Crippen molar-refractivity contribution in [3.8, 4) is 0 Å². The van der Waals surface area contributed by atoms with Gasteiger partial charge in [-0.25, -0.2) is 9.97 Å². The maximum absolute atomic E-state index is 10.3. The number of aliphatic carboxylic acids is 1. The molecule has 88 valence electrons. The van der Waals surface area contributed by atoms with Gasteiger partial charge in [-0.2, -0.15) is 0 Å². The minimum Gasteiger partial charge on any atom is -0.480 e. The first-order valence-electron chi connectivity index (χ1n) is 5.24. The first kappa shape index (κ1) is 12.2. The third-order valence-corrected chi connectivity index (χ3v) is 1.92. The van der Waals surface area contributed by atoms with Gasteiger partial charge in [0.1, 0.15) is 24.5 Å². The summed E-state index contributed by atoms with van der Waals surface area (Å²) in [5, 5.41) is 14.3. The number of carbonyl (C=O) groups is 1. The lowest BCUT2D eigenvalue weighted by Gasteiger charge is -2.06. The van der Waals surface area contributed by atoms with Crippen molar-refractivity contribution < 1.29 is 9.90 Å². The van der Waals surface area contributed by atoms with Gasteiger partial charge in [0.25, 0.3) is 0 Å². The maximum atomic E-state index is 10.3. The molecule has 1 heterocycles. The number of nitrogens with one attached hydrogen (secondary N) is 2. The Bertz CT molecular complexity index is 343. The minimum atomic E-state index is -0.917. The molecule has 0 aliphatic rings. The number of rotatable bonds is 7. The fraction of sp³-hybridized carbons (Fsp3) is 0.500. The van der Waals surface area contributed by atoms with Crippen LogP contribution in [0.5, 0.6) is 0 Å². The highest BCUT2D eigenvalue weighted by molar-refractivity contribution is 5.72. The van der Waals surface area contributed by atoms with E-state index in [2.05, 4.69) is 27.5 Å². The average molecular weight is 224 g/mol. The normalized spacial score (nSPS) is 9.81. The van der Waals surface area contributed by atoms with E-state index in [0.29, 0.717) is 11.6 Å². The van der Waals surface area contributed by atoms with E-state index in [-0.39, 0.29) is 6.54 Å². The molecule has 0 saturated heterocycles. The Hall–Kier alpha value is -1.85. The molecule has 1 aromatic rings.